The fraction of sp³-hybridized carbons (Fsp3) is 0.625. The van der Waals surface area contributed by atoms with Gasteiger partial charge >= 0.3 is 0 Å². The van der Waals surface area contributed by atoms with E-state index >= 15 is 0 Å². The summed E-state index contributed by atoms with van der Waals surface area (Å²) in [4.78, 5) is 2.49. The molecule has 2 N–H and O–H groups in total. The molecule has 0 saturated carbocycles. The lowest BCUT2D eigenvalue weighted by Crippen LogP contribution is -2.48. The zero-order valence-corrected chi connectivity index (χ0v) is 15.0. The average Bonchev–Trinajstić information content (AvgIpc) is 2.33. The Bertz CT molecular complexity index is 440. The lowest BCUT2D eigenvalue weighted by molar-refractivity contribution is 0.0842. The Balaban J connectivity index is 0.00000200. The maximum absolute atomic E-state index is 10.3. The van der Waals surface area contributed by atoms with Crippen LogP contribution < -0.4 is 5.32 Å². The first-order chi connectivity index (χ1) is 8.89. The molecule has 0 unspecified atom stereocenters. The molecule has 1 aromatic rings. The number of aromatic hydroxyl groups is 1. The van der Waals surface area contributed by atoms with Gasteiger partial charge in [-0.1, -0.05) is 38.5 Å². The molecular weight excluding hydrogens is 307 g/mol. The molecule has 0 amide bonds. The molecule has 0 radical (unpaired) electrons. The highest BCUT2D eigenvalue weighted by Crippen LogP contribution is 2.41. The van der Waals surface area contributed by atoms with Crippen molar-refractivity contribution in [1.29, 1.82) is 0 Å². The monoisotopic (exact) mass is 334 g/mol. The summed E-state index contributed by atoms with van der Waals surface area (Å²) in [6.45, 7) is 13.0. The van der Waals surface area contributed by atoms with Gasteiger partial charge in [0.2, 0.25) is 0 Å². The molecule has 2 rings (SSSR count). The second kappa shape index (κ2) is 8.23. The van der Waals surface area contributed by atoms with E-state index in [0.717, 1.165) is 31.7 Å². The van der Waals surface area contributed by atoms with Crippen molar-refractivity contribution >= 4 is 24.8 Å². The molecule has 3 nitrogen and oxygen atoms in total. The maximum Gasteiger partial charge on any atom is 0.120 e. The Labute approximate surface area is 140 Å². The highest BCUT2D eigenvalue weighted by atomic mass is 35.5. The SMILES string of the molecule is Cc1ccc(O)c([C@H](N2CCNCC2)C(C)(C)C)c1.Cl.Cl. The number of nitrogens with one attached hydrogen (secondary N) is 1. The molecule has 5 heteroatoms. The van der Waals surface area contributed by atoms with Crippen molar-refractivity contribution in [3.8, 4) is 5.75 Å². The van der Waals surface area contributed by atoms with E-state index in [1.165, 1.54) is 5.56 Å². The Morgan fingerprint density at radius 2 is 1.71 bits per heavy atom. The van der Waals surface area contributed by atoms with E-state index in [1.807, 2.05) is 12.1 Å². The molecule has 0 aliphatic carbocycles. The van der Waals surface area contributed by atoms with Crippen LogP contribution in [0.25, 0.3) is 0 Å². The van der Waals surface area contributed by atoms with Crippen LogP contribution in [0.2, 0.25) is 0 Å². The van der Waals surface area contributed by atoms with Crippen LogP contribution in [0.15, 0.2) is 18.2 Å². The minimum absolute atomic E-state index is 0. The number of hydrogen-bond donors (Lipinski definition) is 2. The van der Waals surface area contributed by atoms with Gasteiger partial charge in [0.05, 0.1) is 0 Å². The number of aryl methyl sites for hydroxylation is 1. The van der Waals surface area contributed by atoms with Crippen molar-refractivity contribution in [2.45, 2.75) is 33.7 Å². The van der Waals surface area contributed by atoms with E-state index in [2.05, 4.69) is 44.0 Å². The number of benzene rings is 1. The Kier molecular flexibility index (Phi) is 8.04. The quantitative estimate of drug-likeness (QED) is 0.868. The first-order valence-electron chi connectivity index (χ1n) is 7.14. The number of halogens is 2. The van der Waals surface area contributed by atoms with Gasteiger partial charge in [0, 0.05) is 37.8 Å². The highest BCUT2D eigenvalue weighted by molar-refractivity contribution is 5.85. The first kappa shape index (κ1) is 20.5. The number of rotatable bonds is 2. The predicted octanol–water partition coefficient (Wildman–Crippen LogP) is 3.54. The van der Waals surface area contributed by atoms with E-state index in [9.17, 15) is 5.11 Å². The van der Waals surface area contributed by atoms with Crippen molar-refractivity contribution in [1.82, 2.24) is 10.2 Å². The van der Waals surface area contributed by atoms with Crippen molar-refractivity contribution in [2.75, 3.05) is 26.2 Å². The van der Waals surface area contributed by atoms with Crippen molar-refractivity contribution in [3.05, 3.63) is 29.3 Å². The number of phenols is 1. The van der Waals surface area contributed by atoms with Gasteiger partial charge in [0.15, 0.2) is 0 Å². The van der Waals surface area contributed by atoms with Crippen LogP contribution in [-0.2, 0) is 0 Å². The second-order valence-electron chi connectivity index (χ2n) is 6.62. The third-order valence-electron chi connectivity index (χ3n) is 3.81. The van der Waals surface area contributed by atoms with E-state index < -0.39 is 0 Å². The standard InChI is InChI=1S/C16H26N2O.2ClH/c1-12-5-6-14(19)13(11-12)15(16(2,3)4)18-9-7-17-8-10-18;;/h5-6,11,15,17,19H,7-10H2,1-4H3;2*1H/t15-;;/m0../s1. The van der Waals surface area contributed by atoms with Crippen LogP contribution in [0.3, 0.4) is 0 Å². The predicted molar refractivity (Wildman–Crippen MR) is 94.0 cm³/mol. The van der Waals surface area contributed by atoms with Crippen molar-refractivity contribution < 1.29 is 5.11 Å². The van der Waals surface area contributed by atoms with Crippen LogP contribution in [0, 0.1) is 12.3 Å². The largest absolute Gasteiger partial charge is 0.508 e. The molecule has 1 fully saturated rings. The van der Waals surface area contributed by atoms with E-state index in [4.69, 9.17) is 0 Å². The molecule has 0 spiro atoms. The van der Waals surface area contributed by atoms with Gasteiger partial charge in [-0.25, -0.2) is 0 Å². The minimum atomic E-state index is 0. The zero-order chi connectivity index (χ0) is 14.0. The van der Waals surface area contributed by atoms with E-state index in [1.54, 1.807) is 0 Å². The van der Waals surface area contributed by atoms with Gasteiger partial charge in [-0.2, -0.15) is 0 Å². The van der Waals surface area contributed by atoms with Gasteiger partial charge in [-0.15, -0.1) is 24.8 Å². The molecular formula is C16H28Cl2N2O. The molecule has 0 bridgehead atoms. The summed E-state index contributed by atoms with van der Waals surface area (Å²) in [6.07, 6.45) is 0. The van der Waals surface area contributed by atoms with Crippen LogP contribution in [0.5, 0.6) is 5.75 Å². The smallest absolute Gasteiger partial charge is 0.120 e. The Morgan fingerprint density at radius 3 is 2.24 bits per heavy atom. The summed E-state index contributed by atoms with van der Waals surface area (Å²) in [5.74, 6) is 0.420. The summed E-state index contributed by atoms with van der Waals surface area (Å²) in [7, 11) is 0. The number of phenolic OH excluding ortho intramolecular Hbond substituents is 1. The van der Waals surface area contributed by atoms with Gasteiger partial charge in [-0.05, 0) is 18.4 Å². The zero-order valence-electron chi connectivity index (χ0n) is 13.3. The summed E-state index contributed by atoms with van der Waals surface area (Å²) >= 11 is 0. The van der Waals surface area contributed by atoms with E-state index in [-0.39, 0.29) is 36.3 Å². The molecule has 1 saturated heterocycles. The molecule has 0 aromatic heterocycles. The lowest BCUT2D eigenvalue weighted by Gasteiger charge is -2.42. The molecule has 1 heterocycles. The maximum atomic E-state index is 10.3. The molecule has 1 atom stereocenters. The number of hydrogen-bond acceptors (Lipinski definition) is 3. The topological polar surface area (TPSA) is 35.5 Å². The van der Waals surface area contributed by atoms with Crippen LogP contribution in [0.1, 0.15) is 37.9 Å². The van der Waals surface area contributed by atoms with Gasteiger partial charge in [0.1, 0.15) is 5.75 Å². The van der Waals surface area contributed by atoms with Crippen LogP contribution in [-0.4, -0.2) is 36.2 Å². The molecule has 21 heavy (non-hydrogen) atoms. The normalized spacial score (nSPS) is 17.5. The molecule has 1 aliphatic rings. The number of nitrogens with zero attached hydrogens (tertiary/aromatic N) is 1. The average molecular weight is 335 g/mol. The summed E-state index contributed by atoms with van der Waals surface area (Å²) in [5, 5.41) is 13.7. The fourth-order valence-electron chi connectivity index (χ4n) is 3.04. The van der Waals surface area contributed by atoms with Gasteiger partial charge in [-0.3, -0.25) is 4.90 Å². The Hall–Kier alpha value is -0.480. The Morgan fingerprint density at radius 1 is 1.14 bits per heavy atom. The molecule has 122 valence electrons. The summed E-state index contributed by atoms with van der Waals surface area (Å²) in [6, 6.07) is 6.18. The number of piperazine rings is 1. The summed E-state index contributed by atoms with van der Waals surface area (Å²) in [5.41, 5.74) is 2.37. The summed E-state index contributed by atoms with van der Waals surface area (Å²) < 4.78 is 0. The first-order valence-corrected chi connectivity index (χ1v) is 7.14. The fourth-order valence-corrected chi connectivity index (χ4v) is 3.04. The lowest BCUT2D eigenvalue weighted by atomic mass is 9.80. The minimum Gasteiger partial charge on any atom is -0.508 e. The van der Waals surface area contributed by atoms with Gasteiger partial charge < -0.3 is 10.4 Å². The second-order valence-corrected chi connectivity index (χ2v) is 6.62. The van der Waals surface area contributed by atoms with Crippen LogP contribution in [0.4, 0.5) is 0 Å². The highest BCUT2D eigenvalue weighted by Gasteiger charge is 2.34. The van der Waals surface area contributed by atoms with E-state index in [0.29, 0.717) is 5.75 Å². The molecule has 1 aliphatic heterocycles. The third-order valence-corrected chi connectivity index (χ3v) is 3.81. The third kappa shape index (κ3) is 5.03. The van der Waals surface area contributed by atoms with Crippen molar-refractivity contribution in [2.24, 2.45) is 5.41 Å². The van der Waals surface area contributed by atoms with Crippen LogP contribution >= 0.6 is 24.8 Å². The molecule has 1 aromatic carbocycles. The van der Waals surface area contributed by atoms with Gasteiger partial charge in [0.25, 0.3) is 0 Å². The van der Waals surface area contributed by atoms with Crippen molar-refractivity contribution in [3.63, 3.8) is 0 Å².